The van der Waals surface area contributed by atoms with Gasteiger partial charge in [-0.3, -0.25) is 4.79 Å². The number of carbonyl (C=O) groups is 1. The second-order valence-corrected chi connectivity index (χ2v) is 8.36. The van der Waals surface area contributed by atoms with Crippen molar-refractivity contribution >= 4 is 73.7 Å². The van der Waals surface area contributed by atoms with Crippen LogP contribution in [0.4, 0.5) is 4.39 Å². The molecule has 0 aliphatic heterocycles. The Morgan fingerprint density at radius 3 is 2.25 bits per heavy atom. The Hall–Kier alpha value is -0.410. The van der Waals surface area contributed by atoms with Crippen LogP contribution < -0.4 is 10.5 Å². The second-order valence-electron chi connectivity index (χ2n) is 4.88. The molecule has 0 saturated heterocycles. The summed E-state index contributed by atoms with van der Waals surface area (Å²) in [6.07, 6.45) is 0.0253. The van der Waals surface area contributed by atoms with Gasteiger partial charge in [-0.2, -0.15) is 0 Å². The van der Waals surface area contributed by atoms with E-state index in [1.54, 1.807) is 18.2 Å². The van der Waals surface area contributed by atoms with E-state index in [1.807, 2.05) is 67.8 Å². The first-order valence-corrected chi connectivity index (χ1v) is 9.74. The van der Waals surface area contributed by atoms with Gasteiger partial charge in [0.15, 0.2) is 11.6 Å². The third kappa shape index (κ3) is 4.82. The van der Waals surface area contributed by atoms with Crippen LogP contribution in [-0.4, -0.2) is 22.2 Å². The standard InChI is InChI=1S/C15H11FI3NO4/c16-8-1-6(3-12(20)15(22)23)2-11(19)14(8)24-7-4-9(17)13(21)10(18)5-7/h1-2,4-5,12,21H,3,20H2,(H,22,23). The minimum Gasteiger partial charge on any atom is -0.506 e. The molecule has 0 aromatic heterocycles. The maximum absolute atomic E-state index is 14.4. The summed E-state index contributed by atoms with van der Waals surface area (Å²) in [6, 6.07) is 4.96. The zero-order valence-corrected chi connectivity index (χ0v) is 18.4. The lowest BCUT2D eigenvalue weighted by Gasteiger charge is -2.13. The number of carboxylic acid groups (broad SMARTS) is 1. The topological polar surface area (TPSA) is 92.8 Å². The van der Waals surface area contributed by atoms with Crippen molar-refractivity contribution in [3.63, 3.8) is 0 Å². The molecule has 0 saturated carbocycles. The third-order valence-corrected chi connectivity index (χ3v) is 5.49. The van der Waals surface area contributed by atoms with Gasteiger partial charge in [-0.25, -0.2) is 4.39 Å². The van der Waals surface area contributed by atoms with Crippen LogP contribution in [0.15, 0.2) is 24.3 Å². The van der Waals surface area contributed by atoms with E-state index in [0.717, 1.165) is 0 Å². The Morgan fingerprint density at radius 1 is 1.17 bits per heavy atom. The molecule has 2 rings (SSSR count). The van der Waals surface area contributed by atoms with Crippen molar-refractivity contribution in [1.82, 2.24) is 0 Å². The van der Waals surface area contributed by atoms with Crippen molar-refractivity contribution < 1.29 is 24.1 Å². The van der Waals surface area contributed by atoms with Gasteiger partial charge in [-0.15, -0.1) is 0 Å². The van der Waals surface area contributed by atoms with Crippen molar-refractivity contribution in [3.05, 3.63) is 46.4 Å². The van der Waals surface area contributed by atoms with E-state index in [1.165, 1.54) is 6.07 Å². The minimum atomic E-state index is -1.14. The number of rotatable bonds is 5. The minimum absolute atomic E-state index is 0.0253. The molecule has 0 aliphatic carbocycles. The largest absolute Gasteiger partial charge is 0.506 e. The van der Waals surface area contributed by atoms with Gasteiger partial charge < -0.3 is 20.7 Å². The number of carboxylic acids is 1. The summed E-state index contributed by atoms with van der Waals surface area (Å²) >= 11 is 5.84. The Kier molecular flexibility index (Phi) is 6.90. The van der Waals surface area contributed by atoms with Crippen LogP contribution in [0.25, 0.3) is 0 Å². The van der Waals surface area contributed by atoms with Crippen LogP contribution in [0.1, 0.15) is 5.56 Å². The highest BCUT2D eigenvalue weighted by molar-refractivity contribution is 14.1. The normalized spacial score (nSPS) is 12.0. The van der Waals surface area contributed by atoms with Crippen LogP contribution in [0.5, 0.6) is 17.2 Å². The van der Waals surface area contributed by atoms with E-state index in [0.29, 0.717) is 22.0 Å². The average molecular weight is 669 g/mol. The summed E-state index contributed by atoms with van der Waals surface area (Å²) in [7, 11) is 0. The predicted molar refractivity (Wildman–Crippen MR) is 112 cm³/mol. The number of nitrogens with two attached hydrogens (primary N) is 1. The number of halogens is 4. The lowest BCUT2D eigenvalue weighted by atomic mass is 10.1. The number of hydrogen-bond acceptors (Lipinski definition) is 4. The fraction of sp³-hybridized carbons (Fsp3) is 0.133. The number of phenolic OH excluding ortho intramolecular Hbond substituents is 1. The number of phenols is 1. The molecule has 0 spiro atoms. The van der Waals surface area contributed by atoms with E-state index in [4.69, 9.17) is 15.6 Å². The summed E-state index contributed by atoms with van der Waals surface area (Å²) in [5.41, 5.74) is 5.96. The van der Waals surface area contributed by atoms with E-state index >= 15 is 0 Å². The van der Waals surface area contributed by atoms with Gasteiger partial charge in [-0.05, 0) is 104 Å². The molecule has 2 aromatic rings. The van der Waals surface area contributed by atoms with Crippen molar-refractivity contribution in [2.24, 2.45) is 5.73 Å². The van der Waals surface area contributed by atoms with Crippen LogP contribution in [0, 0.1) is 16.5 Å². The first-order valence-electron chi connectivity index (χ1n) is 6.51. The molecule has 1 atom stereocenters. The van der Waals surface area contributed by atoms with E-state index in [9.17, 15) is 14.3 Å². The van der Waals surface area contributed by atoms with Gasteiger partial charge in [0.1, 0.15) is 17.5 Å². The van der Waals surface area contributed by atoms with Gasteiger partial charge in [0.2, 0.25) is 0 Å². The van der Waals surface area contributed by atoms with Crippen molar-refractivity contribution in [2.45, 2.75) is 12.5 Å². The molecule has 1 unspecified atom stereocenters. The molecular weight excluding hydrogens is 658 g/mol. The highest BCUT2D eigenvalue weighted by atomic mass is 127. The maximum Gasteiger partial charge on any atom is 0.320 e. The average Bonchev–Trinajstić information content (AvgIpc) is 2.48. The molecule has 5 nitrogen and oxygen atoms in total. The summed E-state index contributed by atoms with van der Waals surface area (Å²) < 4.78 is 21.7. The van der Waals surface area contributed by atoms with Crippen molar-refractivity contribution in [1.29, 1.82) is 0 Å². The molecule has 2 aromatic carbocycles. The molecular formula is C15H11FI3NO4. The van der Waals surface area contributed by atoms with Crippen LogP contribution >= 0.6 is 67.8 Å². The highest BCUT2D eigenvalue weighted by Crippen LogP contribution is 2.35. The molecule has 0 aliphatic rings. The number of aromatic hydroxyl groups is 1. The van der Waals surface area contributed by atoms with Gasteiger partial charge in [0, 0.05) is 0 Å². The second kappa shape index (κ2) is 8.31. The first-order chi connectivity index (χ1) is 11.2. The van der Waals surface area contributed by atoms with E-state index < -0.39 is 17.8 Å². The van der Waals surface area contributed by atoms with E-state index in [2.05, 4.69) is 0 Å². The van der Waals surface area contributed by atoms with Crippen LogP contribution in [0.2, 0.25) is 0 Å². The summed E-state index contributed by atoms with van der Waals surface area (Å²) in [5, 5.41) is 18.6. The monoisotopic (exact) mass is 669 g/mol. The third-order valence-electron chi connectivity index (χ3n) is 3.04. The quantitative estimate of drug-likeness (QED) is 0.418. The SMILES string of the molecule is NC(Cc1cc(F)c(Oc2cc(I)c(O)c(I)c2)c(I)c1)C(=O)O. The highest BCUT2D eigenvalue weighted by Gasteiger charge is 2.17. The summed E-state index contributed by atoms with van der Waals surface area (Å²) in [5.74, 6) is -1.16. The zero-order chi connectivity index (χ0) is 18.0. The number of benzene rings is 2. The van der Waals surface area contributed by atoms with Gasteiger partial charge in [0.25, 0.3) is 0 Å². The molecule has 0 amide bonds. The van der Waals surface area contributed by atoms with Crippen molar-refractivity contribution in [2.75, 3.05) is 0 Å². The van der Waals surface area contributed by atoms with Crippen LogP contribution in [0.3, 0.4) is 0 Å². The molecule has 0 radical (unpaired) electrons. The molecule has 0 bridgehead atoms. The van der Waals surface area contributed by atoms with Crippen molar-refractivity contribution in [3.8, 4) is 17.2 Å². The fourth-order valence-corrected chi connectivity index (χ4v) is 4.37. The molecule has 0 fully saturated rings. The summed E-state index contributed by atoms with van der Waals surface area (Å²) in [6.45, 7) is 0. The number of aliphatic carboxylic acids is 1. The molecule has 24 heavy (non-hydrogen) atoms. The Morgan fingerprint density at radius 2 is 1.75 bits per heavy atom. The van der Waals surface area contributed by atoms with Crippen LogP contribution in [-0.2, 0) is 11.2 Å². The fourth-order valence-electron chi connectivity index (χ4n) is 1.89. The molecule has 128 valence electrons. The first kappa shape index (κ1) is 19.9. The Labute approximate surface area is 178 Å². The zero-order valence-electron chi connectivity index (χ0n) is 11.9. The Bertz CT molecular complexity index is 754. The summed E-state index contributed by atoms with van der Waals surface area (Å²) in [4.78, 5) is 10.8. The number of ether oxygens (including phenoxy) is 1. The smallest absolute Gasteiger partial charge is 0.320 e. The maximum atomic E-state index is 14.4. The lowest BCUT2D eigenvalue weighted by Crippen LogP contribution is -2.32. The number of hydrogen-bond donors (Lipinski definition) is 3. The van der Waals surface area contributed by atoms with E-state index in [-0.39, 0.29) is 17.9 Å². The van der Waals surface area contributed by atoms with Gasteiger partial charge in [-0.1, -0.05) is 0 Å². The lowest BCUT2D eigenvalue weighted by molar-refractivity contribution is -0.138. The Balaban J connectivity index is 2.30. The molecule has 0 heterocycles. The molecule has 4 N–H and O–H groups in total. The molecule has 9 heteroatoms. The predicted octanol–water partition coefficient (Wildman–Crippen LogP) is 4.09. The van der Waals surface area contributed by atoms with Gasteiger partial charge in [0.05, 0.1) is 10.7 Å². The van der Waals surface area contributed by atoms with Gasteiger partial charge >= 0.3 is 5.97 Å².